The van der Waals surface area contributed by atoms with Crippen LogP contribution in [0, 0.1) is 0 Å². The Labute approximate surface area is 141 Å². The molecule has 0 fully saturated rings. The van der Waals surface area contributed by atoms with E-state index in [1.807, 2.05) is 48.5 Å². The van der Waals surface area contributed by atoms with E-state index in [4.69, 9.17) is 9.47 Å². The molecule has 0 amide bonds. The second-order valence-corrected chi connectivity index (χ2v) is 5.28. The lowest BCUT2D eigenvalue weighted by molar-refractivity contribution is 0.146. The van der Waals surface area contributed by atoms with Gasteiger partial charge in [-0.25, -0.2) is 0 Å². The van der Waals surface area contributed by atoms with Crippen molar-refractivity contribution in [2.24, 2.45) is 5.10 Å². The molecule has 0 aliphatic heterocycles. The van der Waals surface area contributed by atoms with E-state index in [0.717, 1.165) is 27.8 Å². The predicted octanol–water partition coefficient (Wildman–Crippen LogP) is 4.31. The van der Waals surface area contributed by atoms with Gasteiger partial charge in [0.1, 0.15) is 12.4 Å². The molecule has 0 unspecified atom stereocenters. The summed E-state index contributed by atoms with van der Waals surface area (Å²) < 4.78 is 10.9. The van der Waals surface area contributed by atoms with Gasteiger partial charge in [-0.3, -0.25) is 5.43 Å². The van der Waals surface area contributed by atoms with Crippen molar-refractivity contribution in [3.63, 3.8) is 0 Å². The maximum Gasteiger partial charge on any atom is 0.128 e. The van der Waals surface area contributed by atoms with Crippen molar-refractivity contribution in [3.05, 3.63) is 72.3 Å². The van der Waals surface area contributed by atoms with E-state index in [0.29, 0.717) is 13.2 Å². The van der Waals surface area contributed by atoms with Gasteiger partial charge in [-0.1, -0.05) is 48.5 Å². The lowest BCUT2D eigenvalue weighted by Gasteiger charge is -2.11. The lowest BCUT2D eigenvalue weighted by Crippen LogP contribution is -2.06. The number of rotatable bonds is 7. The minimum atomic E-state index is 0.502. The maximum absolute atomic E-state index is 5.84. The molecule has 0 aliphatic carbocycles. The average molecular weight is 320 g/mol. The van der Waals surface area contributed by atoms with Crippen LogP contribution in [0.4, 0.5) is 5.69 Å². The van der Waals surface area contributed by atoms with Crippen molar-refractivity contribution in [1.29, 1.82) is 0 Å². The molecular formula is C20H20N2O2. The molecule has 0 aliphatic rings. The van der Waals surface area contributed by atoms with Crippen LogP contribution in [0.15, 0.2) is 71.8 Å². The fourth-order valence-electron chi connectivity index (χ4n) is 2.45. The van der Waals surface area contributed by atoms with Crippen LogP contribution in [0.3, 0.4) is 0 Å². The number of benzene rings is 3. The molecule has 24 heavy (non-hydrogen) atoms. The largest absolute Gasteiger partial charge is 0.490 e. The van der Waals surface area contributed by atoms with E-state index in [9.17, 15) is 0 Å². The molecule has 0 radical (unpaired) electrons. The van der Waals surface area contributed by atoms with E-state index in [1.54, 1.807) is 13.3 Å². The number of methoxy groups -OCH3 is 1. The first-order chi connectivity index (χ1) is 11.9. The third-order valence-corrected chi connectivity index (χ3v) is 3.64. The molecule has 3 aromatic carbocycles. The number of para-hydroxylation sites is 1. The second kappa shape index (κ2) is 8.13. The summed E-state index contributed by atoms with van der Waals surface area (Å²) in [5.41, 5.74) is 4.93. The maximum atomic E-state index is 5.84. The third-order valence-electron chi connectivity index (χ3n) is 3.64. The molecule has 0 saturated carbocycles. The summed E-state index contributed by atoms with van der Waals surface area (Å²) in [7, 11) is 1.66. The van der Waals surface area contributed by atoms with Gasteiger partial charge in [0.2, 0.25) is 0 Å². The highest BCUT2D eigenvalue weighted by Gasteiger charge is 2.07. The number of ether oxygens (including phenoxy) is 2. The highest BCUT2D eigenvalue weighted by Crippen LogP contribution is 2.26. The predicted molar refractivity (Wildman–Crippen MR) is 99.0 cm³/mol. The Balaban J connectivity index is 1.89. The Bertz CT molecular complexity index is 816. The fourth-order valence-corrected chi connectivity index (χ4v) is 2.45. The van der Waals surface area contributed by atoms with Crippen LogP contribution in [0.1, 0.15) is 5.56 Å². The minimum Gasteiger partial charge on any atom is -0.490 e. The van der Waals surface area contributed by atoms with Crippen molar-refractivity contribution < 1.29 is 9.47 Å². The van der Waals surface area contributed by atoms with Gasteiger partial charge >= 0.3 is 0 Å². The van der Waals surface area contributed by atoms with Crippen molar-refractivity contribution in [2.75, 3.05) is 25.7 Å². The Morgan fingerprint density at radius 2 is 1.71 bits per heavy atom. The zero-order valence-corrected chi connectivity index (χ0v) is 13.6. The fraction of sp³-hybridized carbons (Fsp3) is 0.150. The molecule has 0 aromatic heterocycles. The molecule has 0 atom stereocenters. The number of hydrogen-bond donors (Lipinski definition) is 1. The van der Waals surface area contributed by atoms with Crippen molar-refractivity contribution >= 4 is 22.7 Å². The molecule has 0 spiro atoms. The minimum absolute atomic E-state index is 0.502. The number of nitrogens with zero attached hydrogens (tertiary/aromatic N) is 1. The van der Waals surface area contributed by atoms with Crippen molar-refractivity contribution in [2.45, 2.75) is 0 Å². The molecule has 0 saturated heterocycles. The van der Waals surface area contributed by atoms with E-state index in [1.165, 1.54) is 0 Å². The summed E-state index contributed by atoms with van der Waals surface area (Å²) in [5, 5.41) is 6.62. The molecule has 122 valence electrons. The molecular weight excluding hydrogens is 300 g/mol. The van der Waals surface area contributed by atoms with Crippen LogP contribution in [-0.4, -0.2) is 26.5 Å². The highest BCUT2D eigenvalue weighted by atomic mass is 16.5. The number of fused-ring (bicyclic) bond motifs is 1. The zero-order chi connectivity index (χ0) is 16.6. The van der Waals surface area contributed by atoms with Gasteiger partial charge in [0.15, 0.2) is 0 Å². The second-order valence-electron chi connectivity index (χ2n) is 5.28. The summed E-state index contributed by atoms with van der Waals surface area (Å²) in [5.74, 6) is 0.796. The first-order valence-corrected chi connectivity index (χ1v) is 7.86. The average Bonchev–Trinajstić information content (AvgIpc) is 2.64. The summed E-state index contributed by atoms with van der Waals surface area (Å²) in [6.45, 7) is 1.05. The molecule has 0 heterocycles. The Kier molecular flexibility index (Phi) is 5.43. The Morgan fingerprint density at radius 3 is 2.54 bits per heavy atom. The summed E-state index contributed by atoms with van der Waals surface area (Å²) >= 11 is 0. The van der Waals surface area contributed by atoms with Crippen LogP contribution in [0.2, 0.25) is 0 Å². The standard InChI is InChI=1S/C20H20N2O2/c1-23-13-14-24-20-12-11-16-7-5-6-10-18(16)19(20)15-21-22-17-8-3-2-4-9-17/h2-12,15,22H,13-14H2,1H3. The van der Waals surface area contributed by atoms with Gasteiger partial charge in [0.25, 0.3) is 0 Å². The molecule has 1 N–H and O–H groups in total. The topological polar surface area (TPSA) is 42.9 Å². The first-order valence-electron chi connectivity index (χ1n) is 7.86. The molecule has 4 heteroatoms. The van der Waals surface area contributed by atoms with Crippen LogP contribution in [0.25, 0.3) is 10.8 Å². The van der Waals surface area contributed by atoms with Crippen LogP contribution >= 0.6 is 0 Å². The first kappa shape index (κ1) is 16.0. The summed E-state index contributed by atoms with van der Waals surface area (Å²) in [6, 6.07) is 22.1. The SMILES string of the molecule is COCCOc1ccc2ccccc2c1C=NNc1ccccc1. The molecule has 4 nitrogen and oxygen atoms in total. The number of nitrogens with one attached hydrogen (secondary N) is 1. The van der Waals surface area contributed by atoms with E-state index in [-0.39, 0.29) is 0 Å². The van der Waals surface area contributed by atoms with E-state index >= 15 is 0 Å². The smallest absolute Gasteiger partial charge is 0.128 e. The van der Waals surface area contributed by atoms with E-state index < -0.39 is 0 Å². The highest BCUT2D eigenvalue weighted by molar-refractivity contribution is 6.02. The normalized spacial score (nSPS) is 11.0. The van der Waals surface area contributed by atoms with E-state index in [2.05, 4.69) is 28.7 Å². The van der Waals surface area contributed by atoms with Crippen molar-refractivity contribution in [3.8, 4) is 5.75 Å². The number of anilines is 1. The van der Waals surface area contributed by atoms with Crippen LogP contribution in [-0.2, 0) is 4.74 Å². The summed E-state index contributed by atoms with van der Waals surface area (Å²) in [4.78, 5) is 0. The molecule has 0 bridgehead atoms. The lowest BCUT2D eigenvalue weighted by atomic mass is 10.0. The van der Waals surface area contributed by atoms with Gasteiger partial charge in [0.05, 0.1) is 18.5 Å². The monoisotopic (exact) mass is 320 g/mol. The van der Waals surface area contributed by atoms with Crippen molar-refractivity contribution in [1.82, 2.24) is 0 Å². The number of hydrazone groups is 1. The van der Waals surface area contributed by atoms with Gasteiger partial charge in [-0.15, -0.1) is 0 Å². The van der Waals surface area contributed by atoms with Gasteiger partial charge < -0.3 is 9.47 Å². The van der Waals surface area contributed by atoms with Gasteiger partial charge in [-0.2, -0.15) is 5.10 Å². The van der Waals surface area contributed by atoms with Gasteiger partial charge in [-0.05, 0) is 29.0 Å². The Morgan fingerprint density at radius 1 is 0.917 bits per heavy atom. The summed E-state index contributed by atoms with van der Waals surface area (Å²) in [6.07, 6.45) is 1.80. The van der Waals surface area contributed by atoms with Crippen LogP contribution < -0.4 is 10.2 Å². The zero-order valence-electron chi connectivity index (χ0n) is 13.6. The Hall–Kier alpha value is -2.85. The number of hydrogen-bond acceptors (Lipinski definition) is 4. The van der Waals surface area contributed by atoms with Crippen LogP contribution in [0.5, 0.6) is 5.75 Å². The molecule has 3 aromatic rings. The van der Waals surface area contributed by atoms with Gasteiger partial charge in [0, 0.05) is 12.7 Å². The third kappa shape index (κ3) is 3.91. The molecule has 3 rings (SSSR count). The quantitative estimate of drug-likeness (QED) is 0.401.